The van der Waals surface area contributed by atoms with Gasteiger partial charge in [0.25, 0.3) is 0 Å². The fourth-order valence-electron chi connectivity index (χ4n) is 1.34. The van der Waals surface area contributed by atoms with E-state index in [1.807, 2.05) is 0 Å². The van der Waals surface area contributed by atoms with Crippen LogP contribution in [0, 0.1) is 11.8 Å². The van der Waals surface area contributed by atoms with Crippen LogP contribution >= 0.6 is 0 Å². The minimum atomic E-state index is -1.35. The predicted octanol–water partition coefficient (Wildman–Crippen LogP) is -4.93. The molecule has 0 aromatic rings. The van der Waals surface area contributed by atoms with E-state index in [9.17, 15) is 19.8 Å². The van der Waals surface area contributed by atoms with E-state index in [-0.39, 0.29) is 29.6 Å². The minimum Gasteiger partial charge on any atom is -0.550 e. The Morgan fingerprint density at radius 3 is 2.23 bits per heavy atom. The topological polar surface area (TPSA) is 80.3 Å². The monoisotopic (exact) mass is 191 g/mol. The van der Waals surface area contributed by atoms with Crippen molar-refractivity contribution in [3.8, 4) is 0 Å². The Morgan fingerprint density at radius 1 is 1.23 bits per heavy atom. The van der Waals surface area contributed by atoms with Gasteiger partial charge in [0.05, 0.1) is 0 Å². The van der Waals surface area contributed by atoms with Gasteiger partial charge in [0.1, 0.15) is 0 Å². The molecule has 0 bridgehead atoms. The number of rotatable bonds is 2. The zero-order valence-corrected chi connectivity index (χ0v) is 9.36. The number of carboxylic acids is 2. The third-order valence-corrected chi connectivity index (χ3v) is 2.00. The quantitative estimate of drug-likeness (QED) is 0.323. The molecule has 0 aromatic heterocycles. The maximum Gasteiger partial charge on any atom is 1.00 e. The molecule has 0 saturated heterocycles. The van der Waals surface area contributed by atoms with Crippen LogP contribution in [0.5, 0.6) is 0 Å². The summed E-state index contributed by atoms with van der Waals surface area (Å²) >= 11 is 0. The average Bonchev–Trinajstić information content (AvgIpc) is 2.04. The molecular formula is C8H8NaO4-. The second-order valence-electron chi connectivity index (χ2n) is 2.78. The zero-order chi connectivity index (χ0) is 9.14. The van der Waals surface area contributed by atoms with Gasteiger partial charge in [-0.2, -0.15) is 0 Å². The first-order valence-corrected chi connectivity index (χ1v) is 3.71. The molecule has 0 saturated carbocycles. The van der Waals surface area contributed by atoms with Crippen LogP contribution in [0.25, 0.3) is 0 Å². The van der Waals surface area contributed by atoms with Gasteiger partial charge in [0, 0.05) is 23.8 Å². The van der Waals surface area contributed by atoms with Crippen molar-refractivity contribution in [2.45, 2.75) is 12.8 Å². The van der Waals surface area contributed by atoms with Gasteiger partial charge < -0.3 is 19.8 Å². The molecule has 2 unspecified atom stereocenters. The average molecular weight is 191 g/mol. The molecule has 13 heavy (non-hydrogen) atoms. The molecule has 0 amide bonds. The Morgan fingerprint density at radius 2 is 1.85 bits per heavy atom. The van der Waals surface area contributed by atoms with Gasteiger partial charge in [-0.05, 0) is 12.8 Å². The van der Waals surface area contributed by atoms with Crippen molar-refractivity contribution in [3.05, 3.63) is 12.2 Å². The van der Waals surface area contributed by atoms with Gasteiger partial charge in [0.2, 0.25) is 0 Å². The van der Waals surface area contributed by atoms with Crippen LogP contribution in [0.4, 0.5) is 0 Å². The van der Waals surface area contributed by atoms with Gasteiger partial charge in [-0.15, -0.1) is 0 Å². The molecule has 0 radical (unpaired) electrons. The van der Waals surface area contributed by atoms with Crippen LogP contribution in [0.3, 0.4) is 0 Å². The van der Waals surface area contributed by atoms with Gasteiger partial charge >= 0.3 is 29.6 Å². The van der Waals surface area contributed by atoms with Crippen LogP contribution in [0.2, 0.25) is 0 Å². The molecule has 0 heterocycles. The van der Waals surface area contributed by atoms with Gasteiger partial charge in [-0.1, -0.05) is 12.2 Å². The summed E-state index contributed by atoms with van der Waals surface area (Å²) in [6.07, 6.45) is 3.92. The van der Waals surface area contributed by atoms with Crippen molar-refractivity contribution >= 4 is 11.9 Å². The summed E-state index contributed by atoms with van der Waals surface area (Å²) in [5.41, 5.74) is 0. The molecular weight excluding hydrogens is 183 g/mol. The summed E-state index contributed by atoms with van der Waals surface area (Å²) in [5.74, 6) is -4.61. The number of allylic oxidation sites excluding steroid dienone is 1. The van der Waals surface area contributed by atoms with E-state index in [4.69, 9.17) is 0 Å². The normalized spacial score (nSPS) is 26.2. The van der Waals surface area contributed by atoms with Gasteiger partial charge in [-0.25, -0.2) is 0 Å². The summed E-state index contributed by atoms with van der Waals surface area (Å²) in [6.45, 7) is 0. The van der Waals surface area contributed by atoms with Crippen LogP contribution in [0.1, 0.15) is 12.8 Å². The van der Waals surface area contributed by atoms with E-state index in [1.54, 1.807) is 6.08 Å². The first kappa shape index (κ1) is 12.7. The SMILES string of the molecule is O=C([O-])C1C=CCCC1C(=O)[O-].[Na+]. The maximum absolute atomic E-state index is 10.4. The van der Waals surface area contributed by atoms with Crippen molar-refractivity contribution in [2.24, 2.45) is 11.8 Å². The molecule has 2 atom stereocenters. The Bertz CT molecular complexity index is 236. The molecule has 4 nitrogen and oxygen atoms in total. The van der Waals surface area contributed by atoms with Crippen molar-refractivity contribution < 1.29 is 49.4 Å². The number of hydrogen-bond acceptors (Lipinski definition) is 4. The van der Waals surface area contributed by atoms with Crippen LogP contribution in [-0.4, -0.2) is 11.9 Å². The molecule has 1 rings (SSSR count). The summed E-state index contributed by atoms with van der Waals surface area (Å²) in [5, 5.41) is 20.8. The zero-order valence-electron chi connectivity index (χ0n) is 7.36. The van der Waals surface area contributed by atoms with E-state index in [0.29, 0.717) is 12.8 Å². The van der Waals surface area contributed by atoms with Gasteiger partial charge in [-0.3, -0.25) is 0 Å². The number of carboxylic acid groups (broad SMARTS) is 2. The van der Waals surface area contributed by atoms with Crippen LogP contribution in [0.15, 0.2) is 12.2 Å². The molecule has 0 fully saturated rings. The Balaban J connectivity index is 0.00000144. The largest absolute Gasteiger partial charge is 1.00 e. The molecule has 1 aliphatic rings. The molecule has 1 aliphatic carbocycles. The summed E-state index contributed by atoms with van der Waals surface area (Å²) < 4.78 is 0. The number of carbonyl (C=O) groups excluding carboxylic acids is 2. The molecule has 0 spiro atoms. The third-order valence-electron chi connectivity index (χ3n) is 2.00. The number of aliphatic carboxylic acids is 2. The Labute approximate surface area is 97.9 Å². The van der Waals surface area contributed by atoms with E-state index >= 15 is 0 Å². The van der Waals surface area contributed by atoms with Crippen molar-refractivity contribution in [1.82, 2.24) is 0 Å². The molecule has 5 heteroatoms. The van der Waals surface area contributed by atoms with Crippen LogP contribution in [-0.2, 0) is 9.59 Å². The second-order valence-corrected chi connectivity index (χ2v) is 2.78. The first-order chi connectivity index (χ1) is 5.63. The maximum atomic E-state index is 10.4. The van der Waals surface area contributed by atoms with Crippen molar-refractivity contribution in [3.63, 3.8) is 0 Å². The molecule has 0 aromatic carbocycles. The first-order valence-electron chi connectivity index (χ1n) is 3.71. The van der Waals surface area contributed by atoms with Crippen LogP contribution < -0.4 is 39.8 Å². The van der Waals surface area contributed by atoms with E-state index < -0.39 is 23.8 Å². The Hall–Kier alpha value is -0.320. The summed E-state index contributed by atoms with van der Waals surface area (Å²) in [4.78, 5) is 20.8. The fraction of sp³-hybridized carbons (Fsp3) is 0.500. The fourth-order valence-corrected chi connectivity index (χ4v) is 1.34. The third kappa shape index (κ3) is 3.14. The van der Waals surface area contributed by atoms with Crippen molar-refractivity contribution in [1.29, 1.82) is 0 Å². The van der Waals surface area contributed by atoms with Gasteiger partial charge in [0.15, 0.2) is 0 Å². The molecule has 0 aliphatic heterocycles. The van der Waals surface area contributed by atoms with Crippen molar-refractivity contribution in [2.75, 3.05) is 0 Å². The second kappa shape index (κ2) is 5.42. The number of carbonyl (C=O) groups is 2. The number of hydrogen-bond donors (Lipinski definition) is 0. The molecule has 66 valence electrons. The minimum absolute atomic E-state index is 0. The molecule has 0 N–H and O–H groups in total. The predicted molar refractivity (Wildman–Crippen MR) is 35.4 cm³/mol. The summed E-state index contributed by atoms with van der Waals surface area (Å²) in [7, 11) is 0. The standard InChI is InChI=1S/C8H10O4.Na/c9-7(10)5-3-1-2-4-6(5)8(11)12;/h1,3,5-6H,2,4H2,(H,9,10)(H,11,12);/q;+1/p-2. The van der Waals surface area contributed by atoms with E-state index in [1.165, 1.54) is 6.08 Å². The van der Waals surface area contributed by atoms with E-state index in [2.05, 4.69) is 0 Å². The smallest absolute Gasteiger partial charge is 0.550 e. The van der Waals surface area contributed by atoms with E-state index in [0.717, 1.165) is 0 Å². The summed E-state index contributed by atoms with van der Waals surface area (Å²) in [6, 6.07) is 0. The Kier molecular flexibility index (Phi) is 5.29.